The van der Waals surface area contributed by atoms with Crippen LogP contribution in [0, 0.1) is 6.92 Å². The van der Waals surface area contributed by atoms with E-state index in [2.05, 4.69) is 6.92 Å². The van der Waals surface area contributed by atoms with E-state index in [1.54, 1.807) is 0 Å². The third kappa shape index (κ3) is 4.91. The van der Waals surface area contributed by atoms with Crippen LogP contribution in [0.5, 0.6) is 0 Å². The van der Waals surface area contributed by atoms with Crippen molar-refractivity contribution in [3.63, 3.8) is 0 Å². The highest BCUT2D eigenvalue weighted by atomic mass is 32.2. The number of hydrogen-bond donors (Lipinski definition) is 1. The van der Waals surface area contributed by atoms with Crippen molar-refractivity contribution in [1.29, 1.82) is 0 Å². The standard InChI is InChI=1S/C15H24O2S/c1-3-4-5-6-7-15(12-16)18(17)14-10-8-13(2)9-11-14/h8-11,15-16H,3-7,12H2,1-2H3/t15-,18?/m1/s1. The van der Waals surface area contributed by atoms with E-state index < -0.39 is 10.8 Å². The third-order valence-electron chi connectivity index (χ3n) is 3.14. The molecule has 0 spiro atoms. The van der Waals surface area contributed by atoms with Crippen LogP contribution < -0.4 is 0 Å². The number of aryl methyl sites for hydroxylation is 1. The fourth-order valence-corrected chi connectivity index (χ4v) is 3.24. The van der Waals surface area contributed by atoms with E-state index in [-0.39, 0.29) is 11.9 Å². The Morgan fingerprint density at radius 1 is 1.17 bits per heavy atom. The van der Waals surface area contributed by atoms with Crippen LogP contribution in [0.4, 0.5) is 0 Å². The summed E-state index contributed by atoms with van der Waals surface area (Å²) in [7, 11) is -1.08. The number of rotatable bonds is 8. The summed E-state index contributed by atoms with van der Waals surface area (Å²) in [6.45, 7) is 4.20. The zero-order chi connectivity index (χ0) is 13.4. The van der Waals surface area contributed by atoms with Crippen LogP contribution in [0.1, 0.15) is 44.6 Å². The fourth-order valence-electron chi connectivity index (χ4n) is 1.93. The van der Waals surface area contributed by atoms with E-state index in [9.17, 15) is 9.32 Å². The van der Waals surface area contributed by atoms with Gasteiger partial charge in [-0.3, -0.25) is 4.21 Å². The zero-order valence-electron chi connectivity index (χ0n) is 11.4. The second-order valence-electron chi connectivity index (χ2n) is 4.76. The van der Waals surface area contributed by atoms with Gasteiger partial charge in [0.15, 0.2) is 0 Å². The van der Waals surface area contributed by atoms with Crippen molar-refractivity contribution in [3.05, 3.63) is 29.8 Å². The van der Waals surface area contributed by atoms with Crippen molar-refractivity contribution in [2.24, 2.45) is 0 Å². The van der Waals surface area contributed by atoms with Gasteiger partial charge in [0.2, 0.25) is 0 Å². The third-order valence-corrected chi connectivity index (χ3v) is 4.87. The topological polar surface area (TPSA) is 37.3 Å². The summed E-state index contributed by atoms with van der Waals surface area (Å²) < 4.78 is 12.3. The number of hydrogen-bond acceptors (Lipinski definition) is 2. The summed E-state index contributed by atoms with van der Waals surface area (Å²) >= 11 is 0. The minimum absolute atomic E-state index is 0.00656. The normalized spacial score (nSPS) is 14.4. The van der Waals surface area contributed by atoms with E-state index in [4.69, 9.17) is 0 Å². The molecule has 3 heteroatoms. The van der Waals surface area contributed by atoms with Gasteiger partial charge in [-0.05, 0) is 25.5 Å². The fraction of sp³-hybridized carbons (Fsp3) is 0.600. The lowest BCUT2D eigenvalue weighted by Crippen LogP contribution is -2.19. The van der Waals surface area contributed by atoms with Crippen LogP contribution in [0.2, 0.25) is 0 Å². The number of unbranched alkanes of at least 4 members (excludes halogenated alkanes) is 3. The Kier molecular flexibility index (Phi) is 7.21. The summed E-state index contributed by atoms with van der Waals surface area (Å²) in [5, 5.41) is 9.26. The molecule has 0 saturated carbocycles. The van der Waals surface area contributed by atoms with Crippen molar-refractivity contribution >= 4 is 10.8 Å². The van der Waals surface area contributed by atoms with Crippen LogP contribution in [0.3, 0.4) is 0 Å². The smallest absolute Gasteiger partial charge is 0.0625 e. The predicted molar refractivity (Wildman–Crippen MR) is 77.2 cm³/mol. The van der Waals surface area contributed by atoms with Crippen molar-refractivity contribution in [3.8, 4) is 0 Å². The van der Waals surface area contributed by atoms with Gasteiger partial charge in [-0.25, -0.2) is 0 Å². The molecule has 0 saturated heterocycles. The Morgan fingerprint density at radius 2 is 1.83 bits per heavy atom. The van der Waals surface area contributed by atoms with Gasteiger partial charge in [0, 0.05) is 4.90 Å². The number of benzene rings is 1. The highest BCUT2D eigenvalue weighted by Crippen LogP contribution is 2.17. The molecule has 1 N–H and O–H groups in total. The molecule has 0 amide bonds. The molecule has 1 rings (SSSR count). The van der Waals surface area contributed by atoms with E-state index in [1.165, 1.54) is 18.4 Å². The molecule has 0 fully saturated rings. The molecule has 0 bridgehead atoms. The lowest BCUT2D eigenvalue weighted by Gasteiger charge is -2.14. The number of aliphatic hydroxyl groups is 1. The summed E-state index contributed by atoms with van der Waals surface area (Å²) in [4.78, 5) is 0.829. The monoisotopic (exact) mass is 268 g/mol. The maximum Gasteiger partial charge on any atom is 0.0625 e. The molecule has 0 aliphatic rings. The molecular weight excluding hydrogens is 244 g/mol. The molecule has 102 valence electrons. The Bertz CT molecular complexity index is 359. The number of aliphatic hydroxyl groups excluding tert-OH is 1. The van der Waals surface area contributed by atoms with Crippen LogP contribution in [0.15, 0.2) is 29.2 Å². The lowest BCUT2D eigenvalue weighted by atomic mass is 10.1. The van der Waals surface area contributed by atoms with Crippen LogP contribution >= 0.6 is 0 Å². The van der Waals surface area contributed by atoms with Crippen molar-refractivity contribution in [2.75, 3.05) is 6.61 Å². The minimum Gasteiger partial charge on any atom is -0.395 e. The highest BCUT2D eigenvalue weighted by molar-refractivity contribution is 7.85. The first-order valence-electron chi connectivity index (χ1n) is 6.77. The van der Waals surface area contributed by atoms with Gasteiger partial charge < -0.3 is 5.11 Å². The summed E-state index contributed by atoms with van der Waals surface area (Å²) in [5.74, 6) is 0. The Morgan fingerprint density at radius 3 is 2.39 bits per heavy atom. The molecule has 1 aromatic carbocycles. The molecule has 18 heavy (non-hydrogen) atoms. The van der Waals surface area contributed by atoms with Crippen LogP contribution in [0.25, 0.3) is 0 Å². The summed E-state index contributed by atoms with van der Waals surface area (Å²) in [6.07, 6.45) is 5.48. The van der Waals surface area contributed by atoms with Crippen LogP contribution in [-0.2, 0) is 10.8 Å². The Hall–Kier alpha value is -0.670. The van der Waals surface area contributed by atoms with E-state index >= 15 is 0 Å². The predicted octanol–water partition coefficient (Wildman–Crippen LogP) is 3.43. The van der Waals surface area contributed by atoms with Crippen LogP contribution in [-0.4, -0.2) is 21.2 Å². The van der Waals surface area contributed by atoms with Gasteiger partial charge in [0.25, 0.3) is 0 Å². The quantitative estimate of drug-likeness (QED) is 0.733. The molecule has 1 aromatic rings. The second-order valence-corrected chi connectivity index (χ2v) is 6.50. The van der Waals surface area contributed by atoms with E-state index in [0.29, 0.717) is 0 Å². The van der Waals surface area contributed by atoms with E-state index in [0.717, 1.165) is 24.2 Å². The molecule has 0 radical (unpaired) electrons. The maximum atomic E-state index is 12.3. The SMILES string of the molecule is CCCCCC[C@H](CO)S(=O)c1ccc(C)cc1. The molecule has 2 nitrogen and oxygen atoms in total. The highest BCUT2D eigenvalue weighted by Gasteiger charge is 2.16. The molecule has 0 heterocycles. The Balaban J connectivity index is 2.53. The molecule has 0 aromatic heterocycles. The van der Waals surface area contributed by atoms with Crippen molar-refractivity contribution in [1.82, 2.24) is 0 Å². The van der Waals surface area contributed by atoms with Gasteiger partial charge in [0.05, 0.1) is 22.7 Å². The maximum absolute atomic E-state index is 12.3. The molecule has 1 unspecified atom stereocenters. The van der Waals surface area contributed by atoms with Gasteiger partial charge in [-0.2, -0.15) is 0 Å². The largest absolute Gasteiger partial charge is 0.395 e. The molecule has 2 atom stereocenters. The first kappa shape index (κ1) is 15.4. The van der Waals surface area contributed by atoms with Gasteiger partial charge >= 0.3 is 0 Å². The van der Waals surface area contributed by atoms with Gasteiger partial charge in [0.1, 0.15) is 0 Å². The molecular formula is C15H24O2S. The minimum atomic E-state index is -1.08. The van der Waals surface area contributed by atoms with E-state index in [1.807, 2.05) is 31.2 Å². The molecule has 0 aliphatic carbocycles. The average Bonchev–Trinajstić information content (AvgIpc) is 2.39. The second kappa shape index (κ2) is 8.44. The van der Waals surface area contributed by atoms with Crippen molar-refractivity contribution in [2.45, 2.75) is 56.1 Å². The first-order chi connectivity index (χ1) is 8.69. The summed E-state index contributed by atoms with van der Waals surface area (Å²) in [5.41, 5.74) is 1.17. The van der Waals surface area contributed by atoms with Gasteiger partial charge in [-0.15, -0.1) is 0 Å². The lowest BCUT2D eigenvalue weighted by molar-refractivity contribution is 0.286. The van der Waals surface area contributed by atoms with Crippen molar-refractivity contribution < 1.29 is 9.32 Å². The zero-order valence-corrected chi connectivity index (χ0v) is 12.2. The first-order valence-corrected chi connectivity index (χ1v) is 7.98. The summed E-state index contributed by atoms with van der Waals surface area (Å²) in [6, 6.07) is 7.75. The van der Waals surface area contributed by atoms with Gasteiger partial charge in [-0.1, -0.05) is 50.3 Å². The average molecular weight is 268 g/mol. The Labute approximate surface area is 113 Å². The molecule has 0 aliphatic heterocycles.